The molecule has 0 heterocycles. The monoisotopic (exact) mass is 455 g/mol. The lowest BCUT2D eigenvalue weighted by Crippen LogP contribution is -2.58. The maximum absolute atomic E-state index is 13.0. The SMILES string of the molecule is C[N+](N)(S(=O)(=O)c1ccc(Br)cc1)S(=O)(=O)c1ccc2ccccc2c1. The van der Waals surface area contributed by atoms with E-state index in [0.29, 0.717) is 9.86 Å². The third kappa shape index (κ3) is 2.95. The second-order valence-electron chi connectivity index (χ2n) is 5.82. The van der Waals surface area contributed by atoms with Crippen molar-refractivity contribution in [2.75, 3.05) is 7.05 Å². The van der Waals surface area contributed by atoms with Gasteiger partial charge >= 0.3 is 20.0 Å². The second-order valence-corrected chi connectivity index (χ2v) is 11.3. The van der Waals surface area contributed by atoms with Gasteiger partial charge in [0.1, 0.15) is 16.8 Å². The zero-order valence-corrected chi connectivity index (χ0v) is 16.9. The van der Waals surface area contributed by atoms with Gasteiger partial charge in [-0.1, -0.05) is 46.3 Å². The Kier molecular flexibility index (Phi) is 4.70. The van der Waals surface area contributed by atoms with Crippen LogP contribution in [0.1, 0.15) is 0 Å². The summed E-state index contributed by atoms with van der Waals surface area (Å²) in [5.74, 6) is 5.87. The molecular weight excluding hydrogens is 440 g/mol. The Labute approximate surface area is 160 Å². The van der Waals surface area contributed by atoms with Crippen LogP contribution in [0.25, 0.3) is 10.8 Å². The molecule has 0 aliphatic carbocycles. The van der Waals surface area contributed by atoms with Crippen molar-refractivity contribution in [1.29, 1.82) is 0 Å². The van der Waals surface area contributed by atoms with Gasteiger partial charge in [-0.15, -0.1) is 5.84 Å². The quantitative estimate of drug-likeness (QED) is 0.370. The van der Waals surface area contributed by atoms with Crippen molar-refractivity contribution in [2.45, 2.75) is 9.79 Å². The van der Waals surface area contributed by atoms with Crippen molar-refractivity contribution in [3.63, 3.8) is 0 Å². The van der Waals surface area contributed by atoms with Crippen molar-refractivity contribution in [3.8, 4) is 0 Å². The molecule has 3 rings (SSSR count). The lowest BCUT2D eigenvalue weighted by atomic mass is 10.1. The minimum absolute atomic E-state index is 0.165. The molecule has 0 bridgehead atoms. The normalized spacial score (nSPS) is 14.9. The average Bonchev–Trinajstić information content (AvgIpc) is 2.61. The van der Waals surface area contributed by atoms with E-state index in [0.717, 1.165) is 12.4 Å². The summed E-state index contributed by atoms with van der Waals surface area (Å²) in [5.41, 5.74) is 0. The smallest absolute Gasteiger partial charge is 0.165 e. The fourth-order valence-corrected chi connectivity index (χ4v) is 6.13. The number of hydrogen-bond donors (Lipinski definition) is 1. The third-order valence-electron chi connectivity index (χ3n) is 4.08. The van der Waals surface area contributed by atoms with Crippen LogP contribution >= 0.6 is 15.9 Å². The van der Waals surface area contributed by atoms with Gasteiger partial charge < -0.3 is 0 Å². The highest BCUT2D eigenvalue weighted by Gasteiger charge is 2.49. The first kappa shape index (κ1) is 19.0. The molecule has 9 heteroatoms. The third-order valence-corrected chi connectivity index (χ3v) is 9.42. The van der Waals surface area contributed by atoms with Gasteiger partial charge in [-0.3, -0.25) is 0 Å². The van der Waals surface area contributed by atoms with Gasteiger partial charge in [-0.2, -0.15) is 16.8 Å². The van der Waals surface area contributed by atoms with Crippen molar-refractivity contribution in [3.05, 3.63) is 71.2 Å². The molecule has 0 spiro atoms. The van der Waals surface area contributed by atoms with E-state index >= 15 is 0 Å². The molecule has 3 aromatic rings. The van der Waals surface area contributed by atoms with E-state index in [2.05, 4.69) is 15.9 Å². The fraction of sp³-hybridized carbons (Fsp3) is 0.0588. The summed E-state index contributed by atoms with van der Waals surface area (Å²) in [5, 5.41) is 1.52. The summed E-state index contributed by atoms with van der Waals surface area (Å²) in [7, 11) is -7.89. The van der Waals surface area contributed by atoms with E-state index < -0.39 is 23.4 Å². The number of rotatable bonds is 4. The Bertz CT molecular complexity index is 1190. The highest BCUT2D eigenvalue weighted by molar-refractivity contribution is 9.10. The van der Waals surface area contributed by atoms with Crippen LogP contribution in [0.4, 0.5) is 0 Å². The molecule has 2 N–H and O–H groups in total. The van der Waals surface area contributed by atoms with Gasteiger partial charge in [0.15, 0.2) is 0 Å². The van der Waals surface area contributed by atoms with Crippen molar-refractivity contribution < 1.29 is 20.2 Å². The molecule has 0 fully saturated rings. The lowest BCUT2D eigenvalue weighted by molar-refractivity contribution is -0.660. The summed E-state index contributed by atoms with van der Waals surface area (Å²) in [6, 6.07) is 17.2. The van der Waals surface area contributed by atoms with Crippen LogP contribution < -0.4 is 5.84 Å². The molecule has 0 radical (unpaired) electrons. The second kappa shape index (κ2) is 6.43. The first-order valence-corrected chi connectivity index (χ1v) is 11.1. The predicted octanol–water partition coefficient (Wildman–Crippen LogP) is 3.00. The van der Waals surface area contributed by atoms with E-state index in [1.165, 1.54) is 36.4 Å². The molecule has 3 aromatic carbocycles. The zero-order valence-electron chi connectivity index (χ0n) is 13.7. The number of sulfonamides is 2. The topological polar surface area (TPSA) is 94.3 Å². The first-order valence-electron chi connectivity index (χ1n) is 7.47. The van der Waals surface area contributed by atoms with E-state index in [4.69, 9.17) is 5.84 Å². The number of nitrogens with zero attached hydrogens (tertiary/aromatic N) is 1. The Hall–Kier alpha value is -1.78. The summed E-state index contributed by atoms with van der Waals surface area (Å²) in [6.07, 6.45) is 0. The molecule has 0 aromatic heterocycles. The fourth-order valence-electron chi connectivity index (χ4n) is 2.48. The van der Waals surface area contributed by atoms with Crippen LogP contribution in [-0.4, -0.2) is 27.3 Å². The number of quaternary nitrogens is 1. The molecule has 0 amide bonds. The Balaban J connectivity index is 2.15. The van der Waals surface area contributed by atoms with Gasteiger partial charge in [0.2, 0.25) is 0 Å². The van der Waals surface area contributed by atoms with Gasteiger partial charge in [0.25, 0.3) is 0 Å². The van der Waals surface area contributed by atoms with Gasteiger partial charge in [0.05, 0.1) is 0 Å². The molecule has 6 nitrogen and oxygen atoms in total. The molecule has 26 heavy (non-hydrogen) atoms. The number of halogens is 1. The van der Waals surface area contributed by atoms with Gasteiger partial charge in [-0.05, 0) is 50.6 Å². The maximum atomic E-state index is 13.0. The largest absolute Gasteiger partial charge is 0.359 e. The summed E-state index contributed by atoms with van der Waals surface area (Å²) in [4.78, 5) is -0.350. The number of hydrogen-bond acceptors (Lipinski definition) is 5. The van der Waals surface area contributed by atoms with Crippen LogP contribution in [0.15, 0.2) is 81.0 Å². The van der Waals surface area contributed by atoms with Gasteiger partial charge in [-0.25, -0.2) is 0 Å². The predicted molar refractivity (Wildman–Crippen MR) is 103 cm³/mol. The number of benzene rings is 3. The van der Waals surface area contributed by atoms with Crippen molar-refractivity contribution in [2.24, 2.45) is 5.84 Å². The van der Waals surface area contributed by atoms with Crippen LogP contribution in [0.3, 0.4) is 0 Å². The Morgan fingerprint density at radius 1 is 0.769 bits per heavy atom. The maximum Gasteiger partial charge on any atom is 0.359 e. The molecular formula is C17H16BrN2O4S2+. The molecule has 0 saturated carbocycles. The van der Waals surface area contributed by atoms with E-state index in [9.17, 15) is 16.8 Å². The number of fused-ring (bicyclic) bond motifs is 1. The minimum Gasteiger partial charge on any atom is -0.165 e. The summed E-state index contributed by atoms with van der Waals surface area (Å²) in [6.45, 7) is 0. The van der Waals surface area contributed by atoms with E-state index in [1.54, 1.807) is 18.2 Å². The van der Waals surface area contributed by atoms with Gasteiger partial charge in [0, 0.05) is 4.47 Å². The highest BCUT2D eigenvalue weighted by Crippen LogP contribution is 2.29. The van der Waals surface area contributed by atoms with Crippen molar-refractivity contribution >= 4 is 46.7 Å². The molecule has 0 saturated heterocycles. The highest BCUT2D eigenvalue weighted by atomic mass is 79.9. The van der Waals surface area contributed by atoms with E-state index in [-0.39, 0.29) is 9.79 Å². The molecule has 136 valence electrons. The molecule has 1 unspecified atom stereocenters. The van der Waals surface area contributed by atoms with Crippen LogP contribution in [-0.2, 0) is 20.0 Å². The van der Waals surface area contributed by atoms with Crippen LogP contribution in [0.2, 0.25) is 0 Å². The summed E-state index contributed by atoms with van der Waals surface area (Å²) >= 11 is 3.21. The number of nitrogens with two attached hydrogens (primary N) is 1. The first-order chi connectivity index (χ1) is 12.1. The Morgan fingerprint density at radius 3 is 1.88 bits per heavy atom. The molecule has 0 aliphatic heterocycles. The lowest BCUT2D eigenvalue weighted by Gasteiger charge is -2.25. The zero-order chi connectivity index (χ0) is 19.2. The van der Waals surface area contributed by atoms with Crippen LogP contribution in [0, 0.1) is 0 Å². The standard InChI is InChI=1S/C17H16BrN2O4S2/c1-20(19,25(21,22)16-10-7-15(18)8-11-16)26(23,24)17-9-6-13-4-2-3-5-14(13)12-17/h2-12H,19H2,1H3/q+1. The van der Waals surface area contributed by atoms with Crippen molar-refractivity contribution in [1.82, 2.24) is 0 Å². The Morgan fingerprint density at radius 2 is 1.27 bits per heavy atom. The van der Waals surface area contributed by atoms with E-state index in [1.807, 2.05) is 12.1 Å². The summed E-state index contributed by atoms with van der Waals surface area (Å²) < 4.78 is 50.8. The molecule has 0 aliphatic rings. The molecule has 1 atom stereocenters. The minimum atomic E-state index is -4.43. The average molecular weight is 456 g/mol. The van der Waals surface area contributed by atoms with Crippen LogP contribution in [0.5, 0.6) is 0 Å².